The summed E-state index contributed by atoms with van der Waals surface area (Å²) in [6, 6.07) is 0. The number of carboxylic acid groups (broad SMARTS) is 1. The molecular weight excluding hydrogens is 262 g/mol. The van der Waals surface area contributed by atoms with Gasteiger partial charge in [-0.2, -0.15) is 0 Å². The molecule has 1 heterocycles. The summed E-state index contributed by atoms with van der Waals surface area (Å²) in [6.07, 6.45) is 1.07. The molecule has 1 rings (SSSR count). The minimum atomic E-state index is -0.832. The van der Waals surface area contributed by atoms with Crippen molar-refractivity contribution in [2.75, 3.05) is 31.5 Å². The topological polar surface area (TPSA) is 65.5 Å². The number of carbonyl (C=O) groups is 1. The molecule has 0 aromatic carbocycles. The first kappa shape index (κ1) is 15.9. The van der Waals surface area contributed by atoms with Gasteiger partial charge in [0.05, 0.1) is 12.1 Å². The van der Waals surface area contributed by atoms with E-state index in [2.05, 4.69) is 29.0 Å². The maximum Gasteiger partial charge on any atom is 0.309 e. The quantitative estimate of drug-likeness (QED) is 0.681. The Balaban J connectivity index is 2.35. The van der Waals surface area contributed by atoms with Crippen LogP contribution >= 0.6 is 11.3 Å². The molecule has 0 unspecified atom stereocenters. The van der Waals surface area contributed by atoms with Gasteiger partial charge in [0.1, 0.15) is 0 Å². The number of aryl methyl sites for hydroxylation is 1. The third kappa shape index (κ3) is 5.57. The molecule has 1 aromatic heterocycles. The molecule has 0 bridgehead atoms. The van der Waals surface area contributed by atoms with Crippen molar-refractivity contribution >= 4 is 22.4 Å². The van der Waals surface area contributed by atoms with Gasteiger partial charge in [-0.15, -0.1) is 11.3 Å². The first-order chi connectivity index (χ1) is 9.06. The summed E-state index contributed by atoms with van der Waals surface area (Å²) < 4.78 is 0. The van der Waals surface area contributed by atoms with Crippen LogP contribution in [0.1, 0.15) is 30.8 Å². The summed E-state index contributed by atoms with van der Waals surface area (Å²) in [5.41, 5.74) is 0.670. The molecule has 108 valence electrons. The minimum Gasteiger partial charge on any atom is -0.481 e. The number of anilines is 1. The molecule has 1 aromatic rings. The summed E-state index contributed by atoms with van der Waals surface area (Å²) in [5.74, 6) is -0.832. The van der Waals surface area contributed by atoms with Gasteiger partial charge in [0.25, 0.3) is 0 Å². The Morgan fingerprint density at radius 2 is 2.11 bits per heavy atom. The molecule has 2 N–H and O–H groups in total. The molecule has 5 nitrogen and oxygen atoms in total. The van der Waals surface area contributed by atoms with Crippen LogP contribution in [0.5, 0.6) is 0 Å². The van der Waals surface area contributed by atoms with Gasteiger partial charge in [-0.05, 0) is 33.0 Å². The molecule has 0 amide bonds. The fourth-order valence-corrected chi connectivity index (χ4v) is 2.70. The van der Waals surface area contributed by atoms with E-state index in [1.54, 1.807) is 0 Å². The van der Waals surface area contributed by atoms with E-state index >= 15 is 0 Å². The summed E-state index contributed by atoms with van der Waals surface area (Å²) in [7, 11) is 0. The molecule has 0 atom stereocenters. The summed E-state index contributed by atoms with van der Waals surface area (Å²) in [6.45, 7) is 10.4. The third-order valence-electron chi connectivity index (χ3n) is 3.03. The summed E-state index contributed by atoms with van der Waals surface area (Å²) in [4.78, 5) is 18.4. The van der Waals surface area contributed by atoms with Crippen LogP contribution in [0.3, 0.4) is 0 Å². The van der Waals surface area contributed by atoms with Gasteiger partial charge < -0.3 is 15.3 Å². The number of aliphatic carboxylic acids is 1. The minimum absolute atomic E-state index is 0.00343. The predicted octanol–water partition coefficient (Wildman–Crippen LogP) is 2.22. The van der Waals surface area contributed by atoms with E-state index in [0.717, 1.165) is 42.6 Å². The number of nitrogens with zero attached hydrogens (tertiary/aromatic N) is 2. The van der Waals surface area contributed by atoms with Crippen LogP contribution in [-0.4, -0.2) is 47.1 Å². The number of carboxylic acids is 1. The lowest BCUT2D eigenvalue weighted by Gasteiger charge is -2.17. The highest BCUT2D eigenvalue weighted by molar-refractivity contribution is 7.15. The van der Waals surface area contributed by atoms with Crippen molar-refractivity contribution in [3.8, 4) is 0 Å². The van der Waals surface area contributed by atoms with Crippen molar-refractivity contribution in [2.24, 2.45) is 0 Å². The third-order valence-corrected chi connectivity index (χ3v) is 4.00. The number of nitrogens with one attached hydrogen (secondary N) is 1. The van der Waals surface area contributed by atoms with Gasteiger partial charge in [-0.25, -0.2) is 4.98 Å². The zero-order valence-corrected chi connectivity index (χ0v) is 12.7. The summed E-state index contributed by atoms with van der Waals surface area (Å²) in [5, 5.41) is 12.9. The van der Waals surface area contributed by atoms with Crippen molar-refractivity contribution < 1.29 is 9.90 Å². The van der Waals surface area contributed by atoms with Crippen molar-refractivity contribution in [2.45, 2.75) is 33.6 Å². The van der Waals surface area contributed by atoms with Gasteiger partial charge in [0.2, 0.25) is 0 Å². The zero-order valence-electron chi connectivity index (χ0n) is 11.9. The SMILES string of the molecule is CCN(CC)CCCNc1nc(CC(=O)O)c(C)s1. The molecule has 0 fully saturated rings. The standard InChI is InChI=1S/C13H23N3O2S/c1-4-16(5-2)8-6-7-14-13-15-11(9-12(17)18)10(3)19-13/h4-9H2,1-3H3,(H,14,15)(H,17,18). The maximum atomic E-state index is 10.7. The number of aromatic nitrogens is 1. The Bertz CT molecular complexity index is 403. The molecule has 0 radical (unpaired) electrons. The van der Waals surface area contributed by atoms with E-state index in [1.165, 1.54) is 11.3 Å². The molecule has 19 heavy (non-hydrogen) atoms. The Morgan fingerprint density at radius 1 is 1.42 bits per heavy atom. The van der Waals surface area contributed by atoms with E-state index in [4.69, 9.17) is 5.11 Å². The van der Waals surface area contributed by atoms with Crippen LogP contribution in [0.2, 0.25) is 0 Å². The second-order valence-electron chi connectivity index (χ2n) is 4.40. The van der Waals surface area contributed by atoms with Crippen LogP contribution in [-0.2, 0) is 11.2 Å². The van der Waals surface area contributed by atoms with E-state index in [1.807, 2.05) is 6.92 Å². The van der Waals surface area contributed by atoms with Crippen molar-refractivity contribution in [1.82, 2.24) is 9.88 Å². The Labute approximate surface area is 118 Å². The number of hydrogen-bond acceptors (Lipinski definition) is 5. The normalized spacial score (nSPS) is 10.9. The highest BCUT2D eigenvalue weighted by Crippen LogP contribution is 2.22. The number of thiazole rings is 1. The average Bonchev–Trinajstić information content (AvgIpc) is 2.69. The van der Waals surface area contributed by atoms with Crippen LogP contribution in [0, 0.1) is 6.92 Å². The molecule has 6 heteroatoms. The monoisotopic (exact) mass is 285 g/mol. The lowest BCUT2D eigenvalue weighted by molar-refractivity contribution is -0.136. The number of hydrogen-bond donors (Lipinski definition) is 2. The van der Waals surface area contributed by atoms with Crippen molar-refractivity contribution in [3.05, 3.63) is 10.6 Å². The van der Waals surface area contributed by atoms with E-state index in [9.17, 15) is 4.79 Å². The lowest BCUT2D eigenvalue weighted by Crippen LogP contribution is -2.25. The Kier molecular flexibility index (Phi) is 6.80. The molecule has 0 saturated carbocycles. The fraction of sp³-hybridized carbons (Fsp3) is 0.692. The molecule has 0 saturated heterocycles. The molecule has 0 aliphatic rings. The van der Waals surface area contributed by atoms with Crippen LogP contribution in [0.25, 0.3) is 0 Å². The van der Waals surface area contributed by atoms with Gasteiger partial charge in [-0.1, -0.05) is 13.8 Å². The van der Waals surface area contributed by atoms with E-state index < -0.39 is 5.97 Å². The predicted molar refractivity (Wildman–Crippen MR) is 79.1 cm³/mol. The average molecular weight is 285 g/mol. The first-order valence-electron chi connectivity index (χ1n) is 6.71. The molecule has 0 aliphatic carbocycles. The maximum absolute atomic E-state index is 10.7. The second kappa shape index (κ2) is 8.12. The van der Waals surface area contributed by atoms with Gasteiger partial charge in [-0.3, -0.25) is 4.79 Å². The van der Waals surface area contributed by atoms with Crippen molar-refractivity contribution in [1.29, 1.82) is 0 Å². The molecule has 0 aliphatic heterocycles. The Hall–Kier alpha value is -1.14. The van der Waals surface area contributed by atoms with Crippen LogP contribution in [0.4, 0.5) is 5.13 Å². The first-order valence-corrected chi connectivity index (χ1v) is 7.52. The largest absolute Gasteiger partial charge is 0.481 e. The smallest absolute Gasteiger partial charge is 0.309 e. The fourth-order valence-electron chi connectivity index (χ4n) is 1.85. The molecule has 0 spiro atoms. The van der Waals surface area contributed by atoms with Crippen molar-refractivity contribution in [3.63, 3.8) is 0 Å². The van der Waals surface area contributed by atoms with E-state index in [0.29, 0.717) is 5.69 Å². The van der Waals surface area contributed by atoms with Crippen LogP contribution < -0.4 is 5.32 Å². The molecular formula is C13H23N3O2S. The highest BCUT2D eigenvalue weighted by atomic mass is 32.1. The van der Waals surface area contributed by atoms with Gasteiger partial charge >= 0.3 is 5.97 Å². The highest BCUT2D eigenvalue weighted by Gasteiger charge is 2.10. The van der Waals surface area contributed by atoms with E-state index in [-0.39, 0.29) is 6.42 Å². The van der Waals surface area contributed by atoms with Gasteiger partial charge in [0, 0.05) is 11.4 Å². The Morgan fingerprint density at radius 3 is 2.68 bits per heavy atom. The summed E-state index contributed by atoms with van der Waals surface area (Å²) >= 11 is 1.53. The number of rotatable bonds is 9. The second-order valence-corrected chi connectivity index (χ2v) is 5.60. The van der Waals surface area contributed by atoms with Gasteiger partial charge in [0.15, 0.2) is 5.13 Å². The zero-order chi connectivity index (χ0) is 14.3. The van der Waals surface area contributed by atoms with Crippen LogP contribution in [0.15, 0.2) is 0 Å². The lowest BCUT2D eigenvalue weighted by atomic mass is 10.3.